The van der Waals surface area contributed by atoms with E-state index < -0.39 is 0 Å². The molecule has 2 aliphatic heterocycles. The van der Waals surface area contributed by atoms with Gasteiger partial charge in [-0.1, -0.05) is 35.4 Å². The summed E-state index contributed by atoms with van der Waals surface area (Å²) in [5, 5.41) is 23.4. The largest absolute Gasteiger partial charge is 0.508 e. The van der Waals surface area contributed by atoms with Gasteiger partial charge in [0.15, 0.2) is 0 Å². The van der Waals surface area contributed by atoms with Crippen molar-refractivity contribution in [2.24, 2.45) is 0 Å². The lowest BCUT2D eigenvalue weighted by Gasteiger charge is -1.94. The highest BCUT2D eigenvalue weighted by Crippen LogP contribution is 2.21. The molecule has 0 radical (unpaired) electrons. The summed E-state index contributed by atoms with van der Waals surface area (Å²) in [5.41, 5.74) is 5.76. The summed E-state index contributed by atoms with van der Waals surface area (Å²) >= 11 is 0. The van der Waals surface area contributed by atoms with Gasteiger partial charge < -0.3 is 20.8 Å². The highest BCUT2D eigenvalue weighted by Gasteiger charge is 2.18. The molecule has 2 aliphatic rings. The summed E-state index contributed by atoms with van der Waals surface area (Å²) in [4.78, 5) is 22.0. The normalized spacial score (nSPS) is 13.0. The number of hydrogen-bond acceptors (Lipinski definition) is 4. The standard InChI is InChI=1S/2C8H7NO2.C8H10/c2*10-6-1-2-7-5(3-6)4-9-8(7)11;1-7-4-3-5-8(2)6-7/h2*1-3,10H,4H2,(H,9,11);3-6H,1-2H3. The minimum Gasteiger partial charge on any atom is -0.508 e. The molecule has 30 heavy (non-hydrogen) atoms. The van der Waals surface area contributed by atoms with Gasteiger partial charge in [0, 0.05) is 24.2 Å². The molecule has 0 unspecified atom stereocenters. The first kappa shape index (κ1) is 20.9. The minimum absolute atomic E-state index is 0.0556. The van der Waals surface area contributed by atoms with Gasteiger partial charge in [-0.15, -0.1) is 0 Å². The number of nitrogens with one attached hydrogen (secondary N) is 2. The van der Waals surface area contributed by atoms with Gasteiger partial charge in [0.05, 0.1) is 0 Å². The van der Waals surface area contributed by atoms with Crippen molar-refractivity contribution >= 4 is 11.8 Å². The zero-order valence-electron chi connectivity index (χ0n) is 16.9. The molecule has 6 nitrogen and oxygen atoms in total. The van der Waals surface area contributed by atoms with Gasteiger partial charge in [0.2, 0.25) is 0 Å². The lowest BCUT2D eigenvalue weighted by atomic mass is 10.1. The van der Waals surface area contributed by atoms with Crippen molar-refractivity contribution < 1.29 is 19.8 Å². The number of hydrogen-bond donors (Lipinski definition) is 4. The number of carbonyl (C=O) groups excluding carboxylic acids is 2. The summed E-state index contributed by atoms with van der Waals surface area (Å²) in [5.74, 6) is 0.306. The SMILES string of the molecule is Cc1cccc(C)c1.O=C1NCc2cc(O)ccc21.O=C1NCc2cc(O)ccc21. The van der Waals surface area contributed by atoms with Crippen LogP contribution < -0.4 is 10.6 Å². The fraction of sp³-hybridized carbons (Fsp3) is 0.167. The monoisotopic (exact) mass is 404 g/mol. The maximum absolute atomic E-state index is 11.0. The molecule has 2 heterocycles. The van der Waals surface area contributed by atoms with Crippen LogP contribution in [0.15, 0.2) is 60.7 Å². The number of amides is 2. The molecule has 5 rings (SSSR count). The molecule has 0 bridgehead atoms. The lowest BCUT2D eigenvalue weighted by Crippen LogP contribution is -2.12. The van der Waals surface area contributed by atoms with Crippen molar-refractivity contribution in [3.63, 3.8) is 0 Å². The summed E-state index contributed by atoms with van der Waals surface area (Å²) < 4.78 is 0. The van der Waals surface area contributed by atoms with Crippen LogP contribution >= 0.6 is 0 Å². The number of phenols is 2. The molecule has 0 atom stereocenters. The van der Waals surface area contributed by atoms with E-state index in [-0.39, 0.29) is 23.3 Å². The number of fused-ring (bicyclic) bond motifs is 2. The minimum atomic E-state index is -0.0556. The maximum Gasteiger partial charge on any atom is 0.251 e. The molecule has 3 aromatic carbocycles. The molecule has 0 aliphatic carbocycles. The molecule has 4 N–H and O–H groups in total. The Morgan fingerprint density at radius 3 is 1.47 bits per heavy atom. The molecule has 0 saturated carbocycles. The molecular weight excluding hydrogens is 380 g/mol. The van der Waals surface area contributed by atoms with Crippen LogP contribution in [0.3, 0.4) is 0 Å². The fourth-order valence-corrected chi connectivity index (χ4v) is 3.24. The van der Waals surface area contributed by atoms with Gasteiger partial charge in [-0.25, -0.2) is 0 Å². The second kappa shape index (κ2) is 9.13. The van der Waals surface area contributed by atoms with Gasteiger partial charge in [-0.2, -0.15) is 0 Å². The van der Waals surface area contributed by atoms with Crippen molar-refractivity contribution in [2.45, 2.75) is 26.9 Å². The topological polar surface area (TPSA) is 98.7 Å². The van der Waals surface area contributed by atoms with E-state index in [1.54, 1.807) is 24.3 Å². The summed E-state index contributed by atoms with van der Waals surface area (Å²) in [7, 11) is 0. The van der Waals surface area contributed by atoms with E-state index in [1.165, 1.54) is 23.3 Å². The van der Waals surface area contributed by atoms with Crippen molar-refractivity contribution in [3.8, 4) is 11.5 Å². The number of benzene rings is 3. The lowest BCUT2D eigenvalue weighted by molar-refractivity contribution is 0.0957. The Labute approximate surface area is 175 Å². The van der Waals surface area contributed by atoms with Gasteiger partial charge in [0.25, 0.3) is 11.8 Å². The van der Waals surface area contributed by atoms with Gasteiger partial charge >= 0.3 is 0 Å². The molecule has 3 aromatic rings. The molecule has 6 heteroatoms. The van der Waals surface area contributed by atoms with Crippen LogP contribution in [-0.2, 0) is 13.1 Å². The molecule has 0 saturated heterocycles. The maximum atomic E-state index is 11.0. The quantitative estimate of drug-likeness (QED) is 0.460. The summed E-state index contributed by atoms with van der Waals surface area (Å²) in [6.45, 7) is 5.27. The fourth-order valence-electron chi connectivity index (χ4n) is 3.24. The Morgan fingerprint density at radius 1 is 0.667 bits per heavy atom. The Hall–Kier alpha value is -3.80. The van der Waals surface area contributed by atoms with E-state index in [1.807, 2.05) is 0 Å². The van der Waals surface area contributed by atoms with Crippen molar-refractivity contribution in [3.05, 3.63) is 94.0 Å². The first-order valence-electron chi connectivity index (χ1n) is 9.57. The number of rotatable bonds is 0. The Kier molecular flexibility index (Phi) is 6.37. The van der Waals surface area contributed by atoms with E-state index in [9.17, 15) is 9.59 Å². The van der Waals surface area contributed by atoms with Gasteiger partial charge in [-0.05, 0) is 61.4 Å². The predicted octanol–water partition coefficient (Wildman–Crippen LogP) is 3.57. The van der Waals surface area contributed by atoms with Gasteiger partial charge in [-0.3, -0.25) is 9.59 Å². The third-order valence-electron chi connectivity index (χ3n) is 4.72. The number of carbonyl (C=O) groups is 2. The first-order chi connectivity index (χ1) is 14.3. The summed E-state index contributed by atoms with van der Waals surface area (Å²) in [6, 6.07) is 18.0. The van der Waals surface area contributed by atoms with Crippen LogP contribution in [0.25, 0.3) is 0 Å². The highest BCUT2D eigenvalue weighted by molar-refractivity contribution is 5.98. The third-order valence-corrected chi connectivity index (χ3v) is 4.72. The zero-order valence-corrected chi connectivity index (χ0v) is 16.9. The number of aryl methyl sites for hydroxylation is 2. The van der Waals surface area contributed by atoms with Gasteiger partial charge in [0.1, 0.15) is 11.5 Å². The molecular formula is C24H24N2O4. The Balaban J connectivity index is 0.000000130. The Bertz CT molecular complexity index is 1010. The van der Waals surface area contributed by atoms with Crippen molar-refractivity contribution in [2.75, 3.05) is 0 Å². The van der Waals surface area contributed by atoms with Crippen molar-refractivity contribution in [1.82, 2.24) is 10.6 Å². The smallest absolute Gasteiger partial charge is 0.251 e. The van der Waals surface area contributed by atoms with Crippen LogP contribution in [0, 0.1) is 13.8 Å². The van der Waals surface area contributed by atoms with E-state index >= 15 is 0 Å². The zero-order chi connectivity index (χ0) is 21.7. The molecule has 0 spiro atoms. The molecule has 2 amide bonds. The summed E-state index contributed by atoms with van der Waals surface area (Å²) in [6.07, 6.45) is 0. The molecule has 0 aromatic heterocycles. The molecule has 154 valence electrons. The van der Waals surface area contributed by atoms with Crippen LogP contribution in [0.5, 0.6) is 11.5 Å². The number of phenolic OH excluding ortho intramolecular Hbond substituents is 2. The van der Waals surface area contributed by atoms with E-state index in [0.717, 1.165) is 11.1 Å². The van der Waals surface area contributed by atoms with Crippen LogP contribution in [-0.4, -0.2) is 22.0 Å². The van der Waals surface area contributed by atoms with E-state index in [0.29, 0.717) is 24.2 Å². The average molecular weight is 404 g/mol. The second-order valence-electron chi connectivity index (χ2n) is 7.21. The average Bonchev–Trinajstić information content (AvgIpc) is 3.25. The van der Waals surface area contributed by atoms with Crippen LogP contribution in [0.2, 0.25) is 0 Å². The van der Waals surface area contributed by atoms with Crippen LogP contribution in [0.1, 0.15) is 43.0 Å². The second-order valence-corrected chi connectivity index (χ2v) is 7.21. The Morgan fingerprint density at radius 2 is 1.10 bits per heavy atom. The van der Waals surface area contributed by atoms with Crippen LogP contribution in [0.4, 0.5) is 0 Å². The predicted molar refractivity (Wildman–Crippen MR) is 114 cm³/mol. The first-order valence-corrected chi connectivity index (χ1v) is 9.57. The molecule has 0 fully saturated rings. The third kappa shape index (κ3) is 5.17. The highest BCUT2D eigenvalue weighted by atomic mass is 16.3. The van der Waals surface area contributed by atoms with Crippen molar-refractivity contribution in [1.29, 1.82) is 0 Å². The number of aromatic hydroxyl groups is 2. The van der Waals surface area contributed by atoms with E-state index in [4.69, 9.17) is 10.2 Å². The van der Waals surface area contributed by atoms with E-state index in [2.05, 4.69) is 48.7 Å².